The molecule has 0 bridgehead atoms. The van der Waals surface area contributed by atoms with Crippen molar-refractivity contribution in [3.05, 3.63) is 25.6 Å². The normalized spacial score (nSPS) is 7.00. The molecular formula is C7H16N2. The minimum absolute atomic E-state index is 0.530. The van der Waals surface area contributed by atoms with Gasteiger partial charge in [-0.1, -0.05) is 13.2 Å². The van der Waals surface area contributed by atoms with E-state index in [0.29, 0.717) is 6.04 Å². The van der Waals surface area contributed by atoms with E-state index in [1.54, 1.807) is 6.20 Å². The van der Waals surface area contributed by atoms with Crippen molar-refractivity contribution < 1.29 is 0 Å². The first-order chi connectivity index (χ1) is 4.18. The number of rotatable bonds is 2. The summed E-state index contributed by atoms with van der Waals surface area (Å²) >= 11 is 0. The fraction of sp³-hybridized carbons (Fsp3) is 0.429. The summed E-state index contributed by atoms with van der Waals surface area (Å²) in [6.45, 7) is 10.8. The first-order valence-electron chi connectivity index (χ1n) is 2.88. The minimum Gasteiger partial charge on any atom is -0.405 e. The number of hydrogen-bond acceptors (Lipinski definition) is 2. The van der Waals surface area contributed by atoms with Crippen LogP contribution in [0, 0.1) is 0 Å². The molecule has 9 heavy (non-hydrogen) atoms. The molecule has 0 aliphatic heterocycles. The molecule has 0 saturated heterocycles. The van der Waals surface area contributed by atoms with Gasteiger partial charge in [-0.2, -0.15) is 0 Å². The highest BCUT2D eigenvalue weighted by Gasteiger charge is 1.78. The zero-order valence-electron chi connectivity index (χ0n) is 6.22. The minimum atomic E-state index is 0.530. The van der Waals surface area contributed by atoms with E-state index in [1.807, 2.05) is 0 Å². The molecular weight excluding hydrogens is 112 g/mol. The molecule has 3 N–H and O–H groups in total. The van der Waals surface area contributed by atoms with Crippen LogP contribution in [0.25, 0.3) is 0 Å². The SMILES string of the molecule is C=CN.C=CNC(C)C. The number of nitrogens with two attached hydrogens (primary N) is 1. The summed E-state index contributed by atoms with van der Waals surface area (Å²) < 4.78 is 0. The van der Waals surface area contributed by atoms with Crippen molar-refractivity contribution in [2.45, 2.75) is 19.9 Å². The molecule has 0 atom stereocenters. The van der Waals surface area contributed by atoms with Crippen LogP contribution in [0.2, 0.25) is 0 Å². The lowest BCUT2D eigenvalue weighted by molar-refractivity contribution is 0.704. The number of hydrogen-bond donors (Lipinski definition) is 2. The van der Waals surface area contributed by atoms with Crippen molar-refractivity contribution in [1.29, 1.82) is 0 Å². The van der Waals surface area contributed by atoms with Crippen LogP contribution >= 0.6 is 0 Å². The molecule has 0 aliphatic rings. The Morgan fingerprint density at radius 2 is 1.78 bits per heavy atom. The van der Waals surface area contributed by atoms with E-state index in [1.165, 1.54) is 6.20 Å². The van der Waals surface area contributed by atoms with E-state index >= 15 is 0 Å². The van der Waals surface area contributed by atoms with Crippen molar-refractivity contribution in [2.75, 3.05) is 0 Å². The van der Waals surface area contributed by atoms with E-state index in [2.05, 4.69) is 38.1 Å². The molecule has 0 amide bonds. The lowest BCUT2D eigenvalue weighted by Gasteiger charge is -1.99. The van der Waals surface area contributed by atoms with Gasteiger partial charge in [-0.3, -0.25) is 0 Å². The Kier molecular flexibility index (Phi) is 12.3. The lowest BCUT2D eigenvalue weighted by atomic mass is 10.4. The third kappa shape index (κ3) is 42.2. The summed E-state index contributed by atoms with van der Waals surface area (Å²) in [5.41, 5.74) is 4.61. The van der Waals surface area contributed by atoms with E-state index in [0.717, 1.165) is 0 Å². The van der Waals surface area contributed by atoms with Crippen molar-refractivity contribution >= 4 is 0 Å². The summed E-state index contributed by atoms with van der Waals surface area (Å²) in [5, 5.41) is 2.97. The fourth-order valence-corrected chi connectivity index (χ4v) is 0.236. The van der Waals surface area contributed by atoms with Crippen LogP contribution < -0.4 is 11.1 Å². The maximum atomic E-state index is 4.61. The molecule has 0 aromatic heterocycles. The van der Waals surface area contributed by atoms with Gasteiger partial charge in [0.25, 0.3) is 0 Å². The van der Waals surface area contributed by atoms with Gasteiger partial charge in [0, 0.05) is 6.04 Å². The maximum absolute atomic E-state index is 4.61. The van der Waals surface area contributed by atoms with Crippen molar-refractivity contribution in [3.63, 3.8) is 0 Å². The van der Waals surface area contributed by atoms with Crippen LogP contribution in [-0.2, 0) is 0 Å². The predicted octanol–water partition coefficient (Wildman–Crippen LogP) is 1.22. The summed E-state index contributed by atoms with van der Waals surface area (Å²) in [4.78, 5) is 0. The van der Waals surface area contributed by atoms with Crippen LogP contribution in [0.3, 0.4) is 0 Å². The van der Waals surface area contributed by atoms with Crippen LogP contribution in [0.1, 0.15) is 13.8 Å². The Bertz CT molecular complexity index is 67.3. The second kappa shape index (κ2) is 10.1. The highest BCUT2D eigenvalue weighted by molar-refractivity contribution is 4.65. The second-order valence-electron chi connectivity index (χ2n) is 1.76. The van der Waals surface area contributed by atoms with Crippen molar-refractivity contribution in [3.8, 4) is 0 Å². The molecule has 0 aromatic rings. The van der Waals surface area contributed by atoms with Gasteiger partial charge in [0.15, 0.2) is 0 Å². The Morgan fingerprint density at radius 1 is 1.44 bits per heavy atom. The summed E-state index contributed by atoms with van der Waals surface area (Å²) in [6.07, 6.45) is 2.95. The maximum Gasteiger partial charge on any atom is 0.0199 e. The fourth-order valence-electron chi connectivity index (χ4n) is 0.236. The van der Waals surface area contributed by atoms with E-state index < -0.39 is 0 Å². The Balaban J connectivity index is 0. The van der Waals surface area contributed by atoms with Gasteiger partial charge in [0.2, 0.25) is 0 Å². The van der Waals surface area contributed by atoms with Gasteiger partial charge in [0.05, 0.1) is 0 Å². The predicted molar refractivity (Wildman–Crippen MR) is 42.9 cm³/mol. The van der Waals surface area contributed by atoms with Crippen LogP contribution in [0.4, 0.5) is 0 Å². The molecule has 0 fully saturated rings. The molecule has 0 aromatic carbocycles. The Labute approximate surface area is 57.4 Å². The molecule has 0 unspecified atom stereocenters. The van der Waals surface area contributed by atoms with Gasteiger partial charge in [-0.25, -0.2) is 0 Å². The van der Waals surface area contributed by atoms with Gasteiger partial charge in [-0.15, -0.1) is 0 Å². The van der Waals surface area contributed by atoms with Crippen LogP contribution in [0.5, 0.6) is 0 Å². The number of nitrogens with one attached hydrogen (secondary N) is 1. The summed E-state index contributed by atoms with van der Waals surface area (Å²) in [5.74, 6) is 0. The molecule has 0 spiro atoms. The van der Waals surface area contributed by atoms with Gasteiger partial charge < -0.3 is 11.1 Å². The first-order valence-corrected chi connectivity index (χ1v) is 2.88. The van der Waals surface area contributed by atoms with Crippen LogP contribution in [-0.4, -0.2) is 6.04 Å². The second-order valence-corrected chi connectivity index (χ2v) is 1.76. The largest absolute Gasteiger partial charge is 0.405 e. The molecule has 0 saturated carbocycles. The summed E-state index contributed by atoms with van der Waals surface area (Å²) in [6, 6.07) is 0.530. The van der Waals surface area contributed by atoms with E-state index in [4.69, 9.17) is 0 Å². The molecule has 0 aliphatic carbocycles. The van der Waals surface area contributed by atoms with E-state index in [9.17, 15) is 0 Å². The van der Waals surface area contributed by atoms with Gasteiger partial charge >= 0.3 is 0 Å². The lowest BCUT2D eigenvalue weighted by Crippen LogP contribution is -2.14. The Hall–Kier alpha value is -0.920. The van der Waals surface area contributed by atoms with Crippen LogP contribution in [0.15, 0.2) is 25.6 Å². The average molecular weight is 128 g/mol. The van der Waals surface area contributed by atoms with Gasteiger partial charge in [-0.05, 0) is 26.2 Å². The van der Waals surface area contributed by atoms with Crippen molar-refractivity contribution in [1.82, 2.24) is 5.32 Å². The molecule has 54 valence electrons. The molecule has 0 rings (SSSR count). The third-order valence-corrected chi connectivity index (χ3v) is 0.451. The molecule has 0 heterocycles. The first kappa shape index (κ1) is 11.0. The third-order valence-electron chi connectivity index (χ3n) is 0.451. The smallest absolute Gasteiger partial charge is 0.0199 e. The monoisotopic (exact) mass is 128 g/mol. The quantitative estimate of drug-likeness (QED) is 0.586. The Morgan fingerprint density at radius 3 is 1.78 bits per heavy atom. The topological polar surface area (TPSA) is 38.0 Å². The standard InChI is InChI=1S/C5H11N.C2H5N/c1-4-6-5(2)3;1-2-3/h4-6H,1H2,2-3H3;2H,1,3H2. The van der Waals surface area contributed by atoms with Gasteiger partial charge in [0.1, 0.15) is 0 Å². The molecule has 2 heteroatoms. The summed E-state index contributed by atoms with van der Waals surface area (Å²) in [7, 11) is 0. The van der Waals surface area contributed by atoms with Crippen molar-refractivity contribution in [2.24, 2.45) is 5.73 Å². The molecule has 2 nitrogen and oxygen atoms in total. The highest BCUT2D eigenvalue weighted by atomic mass is 14.9. The molecule has 0 radical (unpaired) electrons. The zero-order valence-corrected chi connectivity index (χ0v) is 6.22. The zero-order chi connectivity index (χ0) is 7.70. The average Bonchev–Trinajstić information content (AvgIpc) is 1.67. The van der Waals surface area contributed by atoms with E-state index in [-0.39, 0.29) is 0 Å². The highest BCUT2D eigenvalue weighted by Crippen LogP contribution is 1.71.